The van der Waals surface area contributed by atoms with E-state index in [-0.39, 0.29) is 11.8 Å². The van der Waals surface area contributed by atoms with Crippen LogP contribution in [0.1, 0.15) is 28.9 Å². The third-order valence-corrected chi connectivity index (χ3v) is 4.41. The van der Waals surface area contributed by atoms with E-state index in [1.54, 1.807) is 18.3 Å². The molecule has 1 aliphatic rings. The first-order valence-corrected chi connectivity index (χ1v) is 8.36. The van der Waals surface area contributed by atoms with Crippen LogP contribution >= 0.6 is 0 Å². The van der Waals surface area contributed by atoms with E-state index >= 15 is 0 Å². The summed E-state index contributed by atoms with van der Waals surface area (Å²) in [6.07, 6.45) is -0.993. The van der Waals surface area contributed by atoms with Crippen molar-refractivity contribution >= 4 is 17.6 Å². The number of hydrogen-bond acceptors (Lipinski definition) is 4. The molecule has 0 bridgehead atoms. The number of carbonyl (C=O) groups is 2. The van der Waals surface area contributed by atoms with Crippen LogP contribution in [0.5, 0.6) is 0 Å². The summed E-state index contributed by atoms with van der Waals surface area (Å²) < 4.78 is 37.8. The van der Waals surface area contributed by atoms with Crippen molar-refractivity contribution in [2.24, 2.45) is 5.92 Å². The standard InChI is InChI=1S/C17H18F3N5O2/c18-17(19,20)12-3-4-14(22-10-12)25-8-5-11(6-9-25)15(26)23-24-16(27)13-2-1-7-21-13/h1-4,7,10-11,21H,5-6,8-9H2,(H,23,26)(H,24,27). The van der Waals surface area contributed by atoms with Crippen molar-refractivity contribution in [3.63, 3.8) is 0 Å². The van der Waals surface area contributed by atoms with Crippen LogP contribution in [0.25, 0.3) is 0 Å². The number of halogens is 3. The number of hydrazine groups is 1. The van der Waals surface area contributed by atoms with Gasteiger partial charge in [0.25, 0.3) is 5.91 Å². The Hall–Kier alpha value is -3.04. The molecule has 3 rings (SSSR count). The molecular formula is C17H18F3N5O2. The largest absolute Gasteiger partial charge is 0.417 e. The van der Waals surface area contributed by atoms with Gasteiger partial charge >= 0.3 is 6.18 Å². The SMILES string of the molecule is O=C(NNC(=O)C1CCN(c2ccc(C(F)(F)F)cn2)CC1)c1ccc[nH]1. The fourth-order valence-electron chi connectivity index (χ4n) is 2.87. The molecule has 0 radical (unpaired) electrons. The van der Waals surface area contributed by atoms with E-state index in [2.05, 4.69) is 20.8 Å². The lowest BCUT2D eigenvalue weighted by Gasteiger charge is -2.32. The summed E-state index contributed by atoms with van der Waals surface area (Å²) in [6, 6.07) is 5.58. The molecule has 144 valence electrons. The van der Waals surface area contributed by atoms with E-state index in [4.69, 9.17) is 0 Å². The summed E-state index contributed by atoms with van der Waals surface area (Å²) in [7, 11) is 0. The molecule has 0 aliphatic carbocycles. The Balaban J connectivity index is 1.48. The number of nitrogens with one attached hydrogen (secondary N) is 3. The van der Waals surface area contributed by atoms with Gasteiger partial charge in [-0.15, -0.1) is 0 Å². The molecule has 0 atom stereocenters. The molecule has 1 aliphatic heterocycles. The zero-order chi connectivity index (χ0) is 19.4. The monoisotopic (exact) mass is 381 g/mol. The van der Waals surface area contributed by atoms with E-state index in [1.807, 2.05) is 4.90 Å². The molecule has 7 nitrogen and oxygen atoms in total. The third-order valence-electron chi connectivity index (χ3n) is 4.41. The average molecular weight is 381 g/mol. The number of H-pyrrole nitrogens is 1. The van der Waals surface area contributed by atoms with Gasteiger partial charge in [0.2, 0.25) is 5.91 Å². The van der Waals surface area contributed by atoms with Crippen LogP contribution in [-0.2, 0) is 11.0 Å². The van der Waals surface area contributed by atoms with Gasteiger partial charge < -0.3 is 9.88 Å². The van der Waals surface area contributed by atoms with Crippen LogP contribution in [0.15, 0.2) is 36.7 Å². The highest BCUT2D eigenvalue weighted by atomic mass is 19.4. The van der Waals surface area contributed by atoms with Crippen LogP contribution in [0.2, 0.25) is 0 Å². The fraction of sp³-hybridized carbons (Fsp3) is 0.353. The second-order valence-electron chi connectivity index (χ2n) is 6.19. The van der Waals surface area contributed by atoms with Crippen LogP contribution in [0, 0.1) is 5.92 Å². The predicted molar refractivity (Wildman–Crippen MR) is 90.6 cm³/mol. The fourth-order valence-corrected chi connectivity index (χ4v) is 2.87. The van der Waals surface area contributed by atoms with Gasteiger partial charge in [0, 0.05) is 31.4 Å². The van der Waals surface area contributed by atoms with Crippen LogP contribution < -0.4 is 15.8 Å². The van der Waals surface area contributed by atoms with Gasteiger partial charge in [0.05, 0.1) is 5.56 Å². The highest BCUT2D eigenvalue weighted by Gasteiger charge is 2.31. The van der Waals surface area contributed by atoms with Crippen molar-refractivity contribution in [1.29, 1.82) is 0 Å². The molecule has 0 unspecified atom stereocenters. The number of nitrogens with zero attached hydrogens (tertiary/aromatic N) is 2. The molecule has 2 aromatic heterocycles. The predicted octanol–water partition coefficient (Wildman–Crippen LogP) is 2.11. The number of rotatable bonds is 3. The summed E-state index contributed by atoms with van der Waals surface area (Å²) in [6.45, 7) is 0.974. The summed E-state index contributed by atoms with van der Waals surface area (Å²) >= 11 is 0. The highest BCUT2D eigenvalue weighted by molar-refractivity contribution is 5.93. The van der Waals surface area contributed by atoms with Gasteiger partial charge in [-0.25, -0.2) is 4.98 Å². The van der Waals surface area contributed by atoms with Crippen LogP contribution in [0.4, 0.5) is 19.0 Å². The number of anilines is 1. The van der Waals surface area contributed by atoms with Crippen molar-refractivity contribution in [3.05, 3.63) is 47.9 Å². The number of piperidine rings is 1. The molecule has 1 saturated heterocycles. The van der Waals surface area contributed by atoms with E-state index < -0.39 is 17.6 Å². The number of carbonyl (C=O) groups excluding carboxylic acids is 2. The number of pyridine rings is 1. The number of aromatic nitrogens is 2. The van der Waals surface area contributed by atoms with Gasteiger partial charge in [-0.05, 0) is 37.1 Å². The lowest BCUT2D eigenvalue weighted by molar-refractivity contribution is -0.137. The number of alkyl halides is 3. The Morgan fingerprint density at radius 1 is 1.15 bits per heavy atom. The molecule has 10 heteroatoms. The molecule has 3 heterocycles. The zero-order valence-electron chi connectivity index (χ0n) is 14.2. The third kappa shape index (κ3) is 4.57. The second kappa shape index (κ2) is 7.68. The minimum absolute atomic E-state index is 0.292. The Labute approximate surface area is 152 Å². The smallest absolute Gasteiger partial charge is 0.357 e. The maximum absolute atomic E-state index is 12.6. The highest BCUT2D eigenvalue weighted by Crippen LogP contribution is 2.30. The molecule has 2 aromatic rings. The van der Waals surface area contributed by atoms with Gasteiger partial charge in [0.1, 0.15) is 11.5 Å². The normalized spacial score (nSPS) is 15.4. The van der Waals surface area contributed by atoms with Crippen molar-refractivity contribution in [2.75, 3.05) is 18.0 Å². The lowest BCUT2D eigenvalue weighted by atomic mass is 9.96. The maximum atomic E-state index is 12.6. The second-order valence-corrected chi connectivity index (χ2v) is 6.19. The lowest BCUT2D eigenvalue weighted by Crippen LogP contribution is -2.47. The summed E-state index contributed by atoms with van der Waals surface area (Å²) in [5.74, 6) is -0.587. The first kappa shape index (κ1) is 18.7. The summed E-state index contributed by atoms with van der Waals surface area (Å²) in [5.41, 5.74) is 4.28. The molecule has 1 fully saturated rings. The molecular weight excluding hydrogens is 363 g/mol. The van der Waals surface area contributed by atoms with Gasteiger partial charge in [-0.1, -0.05) is 0 Å². The number of hydrogen-bond donors (Lipinski definition) is 3. The maximum Gasteiger partial charge on any atom is 0.417 e. The van der Waals surface area contributed by atoms with Crippen molar-refractivity contribution in [3.8, 4) is 0 Å². The molecule has 3 N–H and O–H groups in total. The number of amides is 2. The Bertz CT molecular complexity index is 782. The number of aromatic amines is 1. The Morgan fingerprint density at radius 2 is 1.89 bits per heavy atom. The molecule has 0 saturated carbocycles. The summed E-state index contributed by atoms with van der Waals surface area (Å²) in [5, 5.41) is 0. The first-order chi connectivity index (χ1) is 12.8. The van der Waals surface area contributed by atoms with Crippen LogP contribution in [-0.4, -0.2) is 34.9 Å². The minimum atomic E-state index is -4.42. The zero-order valence-corrected chi connectivity index (χ0v) is 14.2. The molecule has 27 heavy (non-hydrogen) atoms. The topological polar surface area (TPSA) is 90.1 Å². The van der Waals surface area contributed by atoms with E-state index in [1.165, 1.54) is 6.07 Å². The molecule has 0 aromatic carbocycles. The average Bonchev–Trinajstić information content (AvgIpc) is 3.20. The van der Waals surface area contributed by atoms with E-state index in [0.29, 0.717) is 37.4 Å². The van der Waals surface area contributed by atoms with Crippen molar-refractivity contribution in [1.82, 2.24) is 20.8 Å². The van der Waals surface area contributed by atoms with Crippen LogP contribution in [0.3, 0.4) is 0 Å². The molecule has 2 amide bonds. The first-order valence-electron chi connectivity index (χ1n) is 8.36. The summed E-state index contributed by atoms with van der Waals surface area (Å²) in [4.78, 5) is 32.4. The van der Waals surface area contributed by atoms with Gasteiger partial charge in [-0.3, -0.25) is 20.4 Å². The molecule has 0 spiro atoms. The van der Waals surface area contributed by atoms with Crippen molar-refractivity contribution < 1.29 is 22.8 Å². The van der Waals surface area contributed by atoms with Crippen molar-refractivity contribution in [2.45, 2.75) is 19.0 Å². The minimum Gasteiger partial charge on any atom is -0.357 e. The Morgan fingerprint density at radius 3 is 2.44 bits per heavy atom. The Kier molecular flexibility index (Phi) is 5.33. The van der Waals surface area contributed by atoms with E-state index in [9.17, 15) is 22.8 Å². The van der Waals surface area contributed by atoms with Gasteiger partial charge in [0.15, 0.2) is 0 Å². The quantitative estimate of drug-likeness (QED) is 0.711. The van der Waals surface area contributed by atoms with E-state index in [0.717, 1.165) is 12.3 Å². The van der Waals surface area contributed by atoms with Gasteiger partial charge in [-0.2, -0.15) is 13.2 Å².